The Labute approximate surface area is 225 Å². The van der Waals surface area contributed by atoms with Gasteiger partial charge in [-0.1, -0.05) is 36.4 Å². The maximum Gasteiger partial charge on any atom is 0.295 e. The largest absolute Gasteiger partial charge is 0.505 e. The van der Waals surface area contributed by atoms with Gasteiger partial charge in [0.1, 0.15) is 11.3 Å². The standard InChI is InChI=1S/C30H29N3O6/c1-18-25(32-14-9-8-12-23(32)31-18)27(34)24-26(20-16-21(37-2)29(39-4)22(17-20)38-3)33(30(36)28(24)35)15-13-19-10-6-5-7-11-19/h5-12,14,16-17,26,34H,13,15H2,1-4H3/b27-24+. The van der Waals surface area contributed by atoms with Gasteiger partial charge in [-0.2, -0.15) is 0 Å². The molecule has 1 unspecified atom stereocenters. The fourth-order valence-electron chi connectivity index (χ4n) is 5.14. The number of nitrogens with zero attached hydrogens (tertiary/aromatic N) is 3. The molecular formula is C30H29N3O6. The van der Waals surface area contributed by atoms with Crippen molar-refractivity contribution in [2.45, 2.75) is 19.4 Å². The Bertz CT molecular complexity index is 1570. The molecule has 1 aliphatic rings. The Morgan fingerprint density at radius 3 is 2.26 bits per heavy atom. The molecule has 3 heterocycles. The summed E-state index contributed by atoms with van der Waals surface area (Å²) in [5.41, 5.74) is 3.00. The molecule has 4 aromatic rings. The smallest absolute Gasteiger partial charge is 0.295 e. The molecular weight excluding hydrogens is 498 g/mol. The number of methoxy groups -OCH3 is 3. The molecule has 0 aliphatic carbocycles. The van der Waals surface area contributed by atoms with E-state index in [0.29, 0.717) is 46.3 Å². The summed E-state index contributed by atoms with van der Waals surface area (Å²) in [6.45, 7) is 2.00. The highest BCUT2D eigenvalue weighted by molar-refractivity contribution is 6.46. The summed E-state index contributed by atoms with van der Waals surface area (Å²) < 4.78 is 18.3. The van der Waals surface area contributed by atoms with Gasteiger partial charge in [-0.15, -0.1) is 0 Å². The topological polar surface area (TPSA) is 103 Å². The van der Waals surface area contributed by atoms with E-state index in [1.54, 1.807) is 41.8 Å². The maximum atomic E-state index is 13.6. The number of rotatable bonds is 8. The molecule has 0 spiro atoms. The molecule has 5 rings (SSSR count). The van der Waals surface area contributed by atoms with Gasteiger partial charge in [0.05, 0.1) is 38.6 Å². The van der Waals surface area contributed by atoms with Crippen molar-refractivity contribution in [3.8, 4) is 17.2 Å². The van der Waals surface area contributed by atoms with Crippen molar-refractivity contribution >= 4 is 23.1 Å². The monoisotopic (exact) mass is 527 g/mol. The van der Waals surface area contributed by atoms with Crippen molar-refractivity contribution < 1.29 is 28.9 Å². The number of aryl methyl sites for hydroxylation is 1. The minimum atomic E-state index is -0.906. The minimum absolute atomic E-state index is 0.0314. The van der Waals surface area contributed by atoms with E-state index in [4.69, 9.17) is 14.2 Å². The molecule has 1 aliphatic heterocycles. The fourth-order valence-corrected chi connectivity index (χ4v) is 5.14. The molecule has 1 fully saturated rings. The summed E-state index contributed by atoms with van der Waals surface area (Å²) in [5.74, 6) is -0.659. The molecule has 200 valence electrons. The Hall–Kier alpha value is -4.79. The van der Waals surface area contributed by atoms with Crippen LogP contribution in [0, 0.1) is 6.92 Å². The van der Waals surface area contributed by atoms with E-state index in [-0.39, 0.29) is 17.9 Å². The predicted octanol–water partition coefficient (Wildman–Crippen LogP) is 4.33. The number of pyridine rings is 1. The fraction of sp³-hybridized carbons (Fsp3) is 0.233. The van der Waals surface area contributed by atoms with Gasteiger partial charge < -0.3 is 24.2 Å². The third-order valence-electron chi connectivity index (χ3n) is 6.96. The van der Waals surface area contributed by atoms with E-state index < -0.39 is 17.7 Å². The zero-order valence-electron chi connectivity index (χ0n) is 22.2. The highest BCUT2D eigenvalue weighted by Gasteiger charge is 2.47. The number of aliphatic hydroxyl groups excluding tert-OH is 1. The lowest BCUT2D eigenvalue weighted by Crippen LogP contribution is -2.31. The van der Waals surface area contributed by atoms with Gasteiger partial charge in [-0.25, -0.2) is 4.98 Å². The number of Topliss-reactive ketones (excluding diaryl/α,β-unsaturated/α-hetero) is 1. The van der Waals surface area contributed by atoms with Crippen molar-refractivity contribution in [1.82, 2.24) is 14.3 Å². The number of benzene rings is 2. The van der Waals surface area contributed by atoms with Gasteiger partial charge in [0.15, 0.2) is 17.3 Å². The summed E-state index contributed by atoms with van der Waals surface area (Å²) in [4.78, 5) is 33.1. The number of aromatic nitrogens is 2. The molecule has 9 nitrogen and oxygen atoms in total. The molecule has 0 radical (unpaired) electrons. The number of aliphatic hydroxyl groups is 1. The molecule has 39 heavy (non-hydrogen) atoms. The Morgan fingerprint density at radius 1 is 0.949 bits per heavy atom. The lowest BCUT2D eigenvalue weighted by Gasteiger charge is -2.26. The Kier molecular flexibility index (Phi) is 6.98. The van der Waals surface area contributed by atoms with Gasteiger partial charge in [0.25, 0.3) is 11.7 Å². The molecule has 0 bridgehead atoms. The van der Waals surface area contributed by atoms with Crippen molar-refractivity contribution in [1.29, 1.82) is 0 Å². The lowest BCUT2D eigenvalue weighted by atomic mass is 9.95. The number of imidazole rings is 1. The summed E-state index contributed by atoms with van der Waals surface area (Å²) in [5, 5.41) is 11.7. The maximum absolute atomic E-state index is 13.6. The minimum Gasteiger partial charge on any atom is -0.505 e. The number of hydrogen-bond acceptors (Lipinski definition) is 7. The van der Waals surface area contributed by atoms with Crippen LogP contribution in [0.1, 0.15) is 28.6 Å². The zero-order chi connectivity index (χ0) is 27.7. The lowest BCUT2D eigenvalue weighted by molar-refractivity contribution is -0.139. The number of ether oxygens (including phenoxy) is 3. The van der Waals surface area contributed by atoms with Crippen LogP contribution in [0.5, 0.6) is 17.2 Å². The summed E-state index contributed by atoms with van der Waals surface area (Å²) >= 11 is 0. The number of carbonyl (C=O) groups excluding carboxylic acids is 2. The number of fused-ring (bicyclic) bond motifs is 1. The number of ketones is 1. The van der Waals surface area contributed by atoms with E-state index >= 15 is 0 Å². The number of hydrogen-bond donors (Lipinski definition) is 1. The van der Waals surface area contributed by atoms with Crippen LogP contribution in [-0.4, -0.2) is 59.0 Å². The van der Waals surface area contributed by atoms with Gasteiger partial charge in [-0.05, 0) is 48.7 Å². The normalized spacial score (nSPS) is 16.6. The molecule has 1 N–H and O–H groups in total. The van der Waals surface area contributed by atoms with Crippen molar-refractivity contribution in [3.05, 3.63) is 94.9 Å². The van der Waals surface area contributed by atoms with Crippen LogP contribution in [0.4, 0.5) is 0 Å². The summed E-state index contributed by atoms with van der Waals surface area (Å²) in [7, 11) is 4.49. The summed E-state index contributed by atoms with van der Waals surface area (Å²) in [6.07, 6.45) is 2.27. The molecule has 1 amide bonds. The van der Waals surface area contributed by atoms with E-state index in [1.165, 1.54) is 26.2 Å². The van der Waals surface area contributed by atoms with Crippen LogP contribution >= 0.6 is 0 Å². The highest BCUT2D eigenvalue weighted by Crippen LogP contribution is 2.46. The highest BCUT2D eigenvalue weighted by atomic mass is 16.5. The van der Waals surface area contributed by atoms with E-state index in [1.807, 2.05) is 36.4 Å². The van der Waals surface area contributed by atoms with Crippen LogP contribution in [-0.2, 0) is 16.0 Å². The van der Waals surface area contributed by atoms with E-state index in [0.717, 1.165) is 5.56 Å². The average Bonchev–Trinajstić information content (AvgIpc) is 3.43. The van der Waals surface area contributed by atoms with Crippen LogP contribution in [0.3, 0.4) is 0 Å². The second-order valence-electron chi connectivity index (χ2n) is 9.16. The predicted molar refractivity (Wildman–Crippen MR) is 145 cm³/mol. The number of carbonyl (C=O) groups is 2. The zero-order valence-corrected chi connectivity index (χ0v) is 22.2. The average molecular weight is 528 g/mol. The van der Waals surface area contributed by atoms with Crippen molar-refractivity contribution in [3.63, 3.8) is 0 Å². The van der Waals surface area contributed by atoms with Crippen LogP contribution < -0.4 is 14.2 Å². The number of likely N-dealkylation sites (tertiary alicyclic amines) is 1. The van der Waals surface area contributed by atoms with Crippen LogP contribution in [0.25, 0.3) is 11.4 Å². The van der Waals surface area contributed by atoms with Crippen molar-refractivity contribution in [2.24, 2.45) is 0 Å². The van der Waals surface area contributed by atoms with Crippen molar-refractivity contribution in [2.75, 3.05) is 27.9 Å². The summed E-state index contributed by atoms with van der Waals surface area (Å²) in [6, 6.07) is 17.6. The molecule has 1 saturated heterocycles. The van der Waals surface area contributed by atoms with Gasteiger partial charge in [0.2, 0.25) is 5.75 Å². The van der Waals surface area contributed by atoms with Gasteiger partial charge in [-0.3, -0.25) is 14.0 Å². The number of amides is 1. The van der Waals surface area contributed by atoms with E-state index in [2.05, 4.69) is 4.98 Å². The third kappa shape index (κ3) is 4.46. The third-order valence-corrected chi connectivity index (χ3v) is 6.96. The van der Waals surface area contributed by atoms with Gasteiger partial charge >= 0.3 is 0 Å². The SMILES string of the molecule is COc1cc(C2/C(=C(\O)c3c(C)nc4ccccn34)C(=O)C(=O)N2CCc2ccccc2)cc(OC)c1OC. The molecule has 2 aromatic carbocycles. The molecule has 2 aromatic heterocycles. The first-order valence-corrected chi connectivity index (χ1v) is 12.5. The first-order valence-electron chi connectivity index (χ1n) is 12.5. The van der Waals surface area contributed by atoms with Crippen LogP contribution in [0.15, 0.2) is 72.4 Å². The van der Waals surface area contributed by atoms with Gasteiger partial charge in [0, 0.05) is 12.7 Å². The Morgan fingerprint density at radius 2 is 1.62 bits per heavy atom. The second kappa shape index (κ2) is 10.5. The first kappa shape index (κ1) is 25.8. The first-order chi connectivity index (χ1) is 18.9. The quantitative estimate of drug-likeness (QED) is 0.207. The van der Waals surface area contributed by atoms with Crippen LogP contribution in [0.2, 0.25) is 0 Å². The Balaban J connectivity index is 1.72. The second-order valence-corrected chi connectivity index (χ2v) is 9.16. The molecule has 9 heteroatoms. The molecule has 0 saturated carbocycles. The molecule has 1 atom stereocenters. The van der Waals surface area contributed by atoms with E-state index in [9.17, 15) is 14.7 Å².